The predicted octanol–water partition coefficient (Wildman–Crippen LogP) is 5.06. The number of hydrogen-bond donors (Lipinski definition) is 2. The van der Waals surface area contributed by atoms with Gasteiger partial charge in [0.2, 0.25) is 11.8 Å². The van der Waals surface area contributed by atoms with Crippen LogP contribution >= 0.6 is 0 Å². The molecule has 0 aliphatic carbocycles. The Morgan fingerprint density at radius 2 is 1.71 bits per heavy atom. The molecule has 1 aliphatic rings. The Labute approximate surface area is 224 Å². The van der Waals surface area contributed by atoms with Crippen LogP contribution in [0.2, 0.25) is 0 Å². The van der Waals surface area contributed by atoms with Crippen molar-refractivity contribution in [3.05, 3.63) is 89.5 Å². The van der Waals surface area contributed by atoms with Gasteiger partial charge >= 0.3 is 0 Å². The smallest absolute Gasteiger partial charge is 0.262 e. The summed E-state index contributed by atoms with van der Waals surface area (Å²) >= 11 is 0. The molecular weight excluding hydrogens is 478 g/mol. The molecule has 198 valence electrons. The molecule has 0 spiro atoms. The number of anilines is 2. The maximum Gasteiger partial charge on any atom is 0.262 e. The first-order valence-electron chi connectivity index (χ1n) is 13.1. The van der Waals surface area contributed by atoms with Crippen molar-refractivity contribution in [2.45, 2.75) is 46.1 Å². The predicted molar refractivity (Wildman–Crippen MR) is 149 cm³/mol. The van der Waals surface area contributed by atoms with Gasteiger partial charge in [-0.15, -0.1) is 0 Å². The zero-order valence-corrected chi connectivity index (χ0v) is 22.2. The Hall–Kier alpha value is -4.13. The maximum absolute atomic E-state index is 12.7. The molecule has 4 rings (SSSR count). The molecule has 38 heavy (non-hydrogen) atoms. The third-order valence-electron chi connectivity index (χ3n) is 6.80. The van der Waals surface area contributed by atoms with Crippen LogP contribution in [0.15, 0.2) is 72.8 Å². The number of amides is 3. The SMILES string of the molecule is CCc1ccccc1NC(=O)COc1ccc(N2C[C@H](C(=O)NCc3ccc(C(C)C)cc3)CC2=O)cc1. The highest BCUT2D eigenvalue weighted by atomic mass is 16.5. The highest BCUT2D eigenvalue weighted by Gasteiger charge is 2.35. The van der Waals surface area contributed by atoms with Gasteiger partial charge in [0.1, 0.15) is 5.75 Å². The Balaban J connectivity index is 1.26. The number of nitrogens with one attached hydrogen (secondary N) is 2. The summed E-state index contributed by atoms with van der Waals surface area (Å²) in [4.78, 5) is 39.4. The Kier molecular flexibility index (Phi) is 8.79. The second-order valence-electron chi connectivity index (χ2n) is 9.86. The summed E-state index contributed by atoms with van der Waals surface area (Å²) in [5.41, 5.74) is 4.84. The molecule has 3 amide bonds. The molecule has 1 atom stereocenters. The minimum Gasteiger partial charge on any atom is -0.484 e. The first-order valence-corrected chi connectivity index (χ1v) is 13.1. The molecule has 7 nitrogen and oxygen atoms in total. The normalized spacial score (nSPS) is 15.0. The Morgan fingerprint density at radius 1 is 1.00 bits per heavy atom. The molecule has 1 saturated heterocycles. The number of hydrogen-bond acceptors (Lipinski definition) is 4. The lowest BCUT2D eigenvalue weighted by Crippen LogP contribution is -2.32. The van der Waals surface area contributed by atoms with Crippen LogP contribution in [-0.2, 0) is 27.3 Å². The van der Waals surface area contributed by atoms with Gasteiger partial charge in [0.05, 0.1) is 5.92 Å². The van der Waals surface area contributed by atoms with Gasteiger partial charge in [-0.2, -0.15) is 0 Å². The molecule has 0 unspecified atom stereocenters. The van der Waals surface area contributed by atoms with Crippen LogP contribution in [-0.4, -0.2) is 30.9 Å². The van der Waals surface area contributed by atoms with Gasteiger partial charge < -0.3 is 20.3 Å². The minimum atomic E-state index is -0.400. The van der Waals surface area contributed by atoms with Crippen LogP contribution in [0.5, 0.6) is 5.75 Å². The van der Waals surface area contributed by atoms with E-state index in [1.807, 2.05) is 43.3 Å². The number of ether oxygens (including phenoxy) is 1. The second-order valence-corrected chi connectivity index (χ2v) is 9.86. The van der Waals surface area contributed by atoms with Crippen LogP contribution < -0.4 is 20.3 Å². The average molecular weight is 514 g/mol. The Bertz CT molecular complexity index is 1270. The fourth-order valence-electron chi connectivity index (χ4n) is 4.49. The third-order valence-corrected chi connectivity index (χ3v) is 6.80. The quantitative estimate of drug-likeness (QED) is 0.397. The van der Waals surface area contributed by atoms with E-state index in [9.17, 15) is 14.4 Å². The zero-order valence-electron chi connectivity index (χ0n) is 22.2. The van der Waals surface area contributed by atoms with Crippen LogP contribution in [0.3, 0.4) is 0 Å². The van der Waals surface area contributed by atoms with Gasteiger partial charge in [-0.05, 0) is 59.4 Å². The summed E-state index contributed by atoms with van der Waals surface area (Å²) < 4.78 is 5.63. The number of rotatable bonds is 10. The topological polar surface area (TPSA) is 87.7 Å². The molecule has 0 aromatic heterocycles. The average Bonchev–Trinajstić information content (AvgIpc) is 3.33. The van der Waals surface area contributed by atoms with Crippen LogP contribution in [0.1, 0.15) is 49.8 Å². The van der Waals surface area contributed by atoms with Crippen LogP contribution in [0.25, 0.3) is 0 Å². The first-order chi connectivity index (χ1) is 18.3. The van der Waals surface area contributed by atoms with Crippen molar-refractivity contribution < 1.29 is 19.1 Å². The molecule has 3 aromatic rings. The van der Waals surface area contributed by atoms with Crippen molar-refractivity contribution in [3.63, 3.8) is 0 Å². The molecule has 0 radical (unpaired) electrons. The summed E-state index contributed by atoms with van der Waals surface area (Å²) in [6.07, 6.45) is 0.999. The molecule has 0 bridgehead atoms. The zero-order chi connectivity index (χ0) is 27.1. The molecule has 2 N–H and O–H groups in total. The van der Waals surface area contributed by atoms with E-state index in [2.05, 4.69) is 36.6 Å². The third kappa shape index (κ3) is 6.79. The number of carbonyl (C=O) groups excluding carboxylic acids is 3. The van der Waals surface area contributed by atoms with Crippen molar-refractivity contribution in [1.82, 2.24) is 5.32 Å². The van der Waals surface area contributed by atoms with Crippen molar-refractivity contribution in [2.24, 2.45) is 5.92 Å². The van der Waals surface area contributed by atoms with Crippen LogP contribution in [0, 0.1) is 5.92 Å². The van der Waals surface area contributed by atoms with E-state index in [1.165, 1.54) is 5.56 Å². The second kappa shape index (κ2) is 12.4. The van der Waals surface area contributed by atoms with E-state index < -0.39 is 5.92 Å². The lowest BCUT2D eigenvalue weighted by Gasteiger charge is -2.17. The Morgan fingerprint density at radius 3 is 2.39 bits per heavy atom. The summed E-state index contributed by atoms with van der Waals surface area (Å²) in [7, 11) is 0. The minimum absolute atomic E-state index is 0.0888. The number of para-hydroxylation sites is 1. The molecular formula is C31H35N3O4. The molecule has 1 fully saturated rings. The van der Waals surface area contributed by atoms with Gasteiger partial charge in [-0.3, -0.25) is 14.4 Å². The number of carbonyl (C=O) groups is 3. The highest BCUT2D eigenvalue weighted by Crippen LogP contribution is 2.27. The van der Waals surface area contributed by atoms with E-state index in [0.717, 1.165) is 23.2 Å². The van der Waals surface area contributed by atoms with Gasteiger partial charge in [0, 0.05) is 30.9 Å². The molecule has 7 heteroatoms. The molecule has 0 saturated carbocycles. The molecule has 1 heterocycles. The van der Waals surface area contributed by atoms with E-state index in [0.29, 0.717) is 30.4 Å². The van der Waals surface area contributed by atoms with E-state index in [1.54, 1.807) is 29.2 Å². The van der Waals surface area contributed by atoms with Crippen molar-refractivity contribution >= 4 is 29.1 Å². The van der Waals surface area contributed by atoms with Crippen molar-refractivity contribution in [3.8, 4) is 5.75 Å². The number of benzene rings is 3. The van der Waals surface area contributed by atoms with Gasteiger partial charge in [-0.25, -0.2) is 0 Å². The van der Waals surface area contributed by atoms with E-state index in [4.69, 9.17) is 4.74 Å². The monoisotopic (exact) mass is 513 g/mol. The molecule has 1 aliphatic heterocycles. The summed E-state index contributed by atoms with van der Waals surface area (Å²) in [5.74, 6) is 0.135. The van der Waals surface area contributed by atoms with Crippen molar-refractivity contribution in [1.29, 1.82) is 0 Å². The van der Waals surface area contributed by atoms with Crippen LogP contribution in [0.4, 0.5) is 11.4 Å². The lowest BCUT2D eigenvalue weighted by molar-refractivity contribution is -0.126. The lowest BCUT2D eigenvalue weighted by atomic mass is 10.0. The fraction of sp³-hybridized carbons (Fsp3) is 0.323. The van der Waals surface area contributed by atoms with Gasteiger partial charge in [-0.1, -0.05) is 63.2 Å². The number of nitrogens with zero attached hydrogens (tertiary/aromatic N) is 1. The summed E-state index contributed by atoms with van der Waals surface area (Å²) in [5, 5.41) is 5.85. The first kappa shape index (κ1) is 26.9. The van der Waals surface area contributed by atoms with Gasteiger partial charge in [0.15, 0.2) is 6.61 Å². The van der Waals surface area contributed by atoms with Crippen molar-refractivity contribution in [2.75, 3.05) is 23.4 Å². The molecule has 3 aromatic carbocycles. The summed E-state index contributed by atoms with van der Waals surface area (Å²) in [6.45, 7) is 6.97. The van der Waals surface area contributed by atoms with Gasteiger partial charge in [0.25, 0.3) is 5.91 Å². The maximum atomic E-state index is 12.7. The largest absolute Gasteiger partial charge is 0.484 e. The van der Waals surface area contributed by atoms with E-state index in [-0.39, 0.29) is 30.7 Å². The fourth-order valence-corrected chi connectivity index (χ4v) is 4.49. The van der Waals surface area contributed by atoms with E-state index >= 15 is 0 Å². The summed E-state index contributed by atoms with van der Waals surface area (Å²) in [6, 6.07) is 22.9. The standard InChI is InChI=1S/C31H35N3O4/c1-4-23-7-5-6-8-28(23)33-29(35)20-38-27-15-13-26(14-16-27)34-19-25(17-30(34)36)31(37)32-18-22-9-11-24(12-10-22)21(2)3/h5-16,21,25H,4,17-20H2,1-3H3,(H,32,37)(H,33,35)/t25-/m1/s1. The highest BCUT2D eigenvalue weighted by molar-refractivity contribution is 6.00. The number of aryl methyl sites for hydroxylation is 1.